The molecule has 0 spiro atoms. The number of rotatable bonds is 12. The van der Waals surface area contributed by atoms with Crippen LogP contribution in [0.3, 0.4) is 0 Å². The Morgan fingerprint density at radius 3 is 2.10 bits per heavy atom. The number of piperazine rings is 1. The molecule has 13 heteroatoms. The van der Waals surface area contributed by atoms with E-state index in [2.05, 4.69) is 37.2 Å². The van der Waals surface area contributed by atoms with Gasteiger partial charge in [-0.3, -0.25) is 0 Å². The van der Waals surface area contributed by atoms with Gasteiger partial charge in [-0.05, 0) is 61.9 Å². The lowest BCUT2D eigenvalue weighted by molar-refractivity contribution is -0.192. The van der Waals surface area contributed by atoms with Crippen molar-refractivity contribution in [2.24, 2.45) is 0 Å². The summed E-state index contributed by atoms with van der Waals surface area (Å²) in [5.74, 6) is -0.206. The fourth-order valence-corrected chi connectivity index (χ4v) is 6.60. The monoisotopic (exact) mass is 666 g/mol. The molecule has 5 aromatic rings. The summed E-state index contributed by atoms with van der Waals surface area (Å²) in [6.07, 6.45) is 4.51. The zero-order valence-electron chi connectivity index (χ0n) is 27.8. The van der Waals surface area contributed by atoms with Crippen LogP contribution in [0.15, 0.2) is 102 Å². The van der Waals surface area contributed by atoms with Gasteiger partial charge in [0.05, 0.1) is 36.8 Å². The quantitative estimate of drug-likeness (QED) is 0.211. The first-order valence-electron chi connectivity index (χ1n) is 16.8. The highest BCUT2D eigenvalue weighted by Crippen LogP contribution is 2.36. The van der Waals surface area contributed by atoms with E-state index in [1.807, 2.05) is 73.7 Å². The van der Waals surface area contributed by atoms with E-state index in [4.69, 9.17) is 14.2 Å². The fourth-order valence-electron chi connectivity index (χ4n) is 6.60. The molecule has 2 aliphatic rings. The number of aliphatic hydroxyl groups is 1. The normalized spacial score (nSPS) is 20.8. The molecule has 2 saturated heterocycles. The molecule has 49 heavy (non-hydrogen) atoms. The first-order valence-corrected chi connectivity index (χ1v) is 16.8. The second-order valence-corrected chi connectivity index (χ2v) is 12.5. The molecule has 3 aromatic carbocycles. The van der Waals surface area contributed by atoms with E-state index >= 15 is 0 Å². The van der Waals surface area contributed by atoms with Gasteiger partial charge < -0.3 is 29.1 Å². The Balaban J connectivity index is 0.913. The van der Waals surface area contributed by atoms with Gasteiger partial charge in [0.15, 0.2) is 0 Å². The lowest BCUT2D eigenvalue weighted by atomic mass is 10.1. The van der Waals surface area contributed by atoms with Crippen molar-refractivity contribution in [2.75, 3.05) is 49.2 Å². The molecule has 2 aliphatic heterocycles. The number of aliphatic hydroxyl groups excluding tert-OH is 1. The third-order valence-corrected chi connectivity index (χ3v) is 9.28. The first-order chi connectivity index (χ1) is 23.9. The Hall–Kier alpha value is -4.98. The van der Waals surface area contributed by atoms with Crippen LogP contribution in [0.2, 0.25) is 0 Å². The maximum atomic E-state index is 13.0. The van der Waals surface area contributed by atoms with Crippen LogP contribution in [0.4, 0.5) is 11.4 Å². The number of benzene rings is 3. The van der Waals surface area contributed by atoms with E-state index in [0.717, 1.165) is 54.6 Å². The van der Waals surface area contributed by atoms with Crippen molar-refractivity contribution in [3.8, 4) is 11.4 Å². The number of nitrogens with zero attached hydrogens (tertiary/aromatic N) is 8. The third kappa shape index (κ3) is 6.95. The van der Waals surface area contributed by atoms with Gasteiger partial charge in [-0.2, -0.15) is 20.1 Å². The molecule has 4 atom stereocenters. The fraction of sp³-hybridized carbons (Fsp3) is 0.389. The van der Waals surface area contributed by atoms with Gasteiger partial charge in [0.1, 0.15) is 31.3 Å². The van der Waals surface area contributed by atoms with E-state index in [0.29, 0.717) is 26.2 Å². The van der Waals surface area contributed by atoms with Gasteiger partial charge in [-0.25, -0.2) is 14.0 Å². The highest BCUT2D eigenvalue weighted by Gasteiger charge is 2.44. The minimum atomic E-state index is -0.982. The molecule has 7 rings (SSSR count). The molecule has 0 aliphatic carbocycles. The number of ether oxygens (including phenoxy) is 3. The molecule has 1 N–H and O–H groups in total. The molecule has 0 radical (unpaired) electrons. The van der Waals surface area contributed by atoms with Crippen molar-refractivity contribution in [2.45, 2.75) is 50.8 Å². The number of anilines is 2. The van der Waals surface area contributed by atoms with Crippen molar-refractivity contribution >= 4 is 11.4 Å². The van der Waals surface area contributed by atoms with Crippen molar-refractivity contribution in [3.05, 3.63) is 114 Å². The van der Waals surface area contributed by atoms with Gasteiger partial charge in [0, 0.05) is 43.1 Å². The van der Waals surface area contributed by atoms with Crippen LogP contribution >= 0.6 is 0 Å². The molecular weight excluding hydrogens is 624 g/mol. The molecule has 2 fully saturated rings. The summed E-state index contributed by atoms with van der Waals surface area (Å²) in [4.78, 5) is 19.3. The van der Waals surface area contributed by atoms with Crippen molar-refractivity contribution < 1.29 is 19.3 Å². The van der Waals surface area contributed by atoms with Crippen molar-refractivity contribution in [1.82, 2.24) is 29.3 Å². The van der Waals surface area contributed by atoms with E-state index < -0.39 is 11.9 Å². The molecule has 0 saturated carbocycles. The van der Waals surface area contributed by atoms with Crippen LogP contribution in [0, 0.1) is 0 Å². The summed E-state index contributed by atoms with van der Waals surface area (Å²) in [5.41, 5.74) is 3.66. The maximum Gasteiger partial charge on any atom is 0.350 e. The van der Waals surface area contributed by atoms with E-state index in [1.165, 1.54) is 15.6 Å². The van der Waals surface area contributed by atoms with Crippen LogP contribution in [-0.4, -0.2) is 86.0 Å². The Labute approximate surface area is 284 Å². The second kappa shape index (κ2) is 14.2. The smallest absolute Gasteiger partial charge is 0.350 e. The lowest BCUT2D eigenvalue weighted by Gasteiger charge is -2.37. The molecule has 0 unspecified atom stereocenters. The van der Waals surface area contributed by atoms with Gasteiger partial charge >= 0.3 is 5.69 Å². The van der Waals surface area contributed by atoms with Gasteiger partial charge in [-0.15, -0.1) is 0 Å². The zero-order valence-corrected chi connectivity index (χ0v) is 27.8. The van der Waals surface area contributed by atoms with E-state index in [1.54, 1.807) is 24.1 Å². The summed E-state index contributed by atoms with van der Waals surface area (Å²) in [5, 5.41) is 22.8. The molecule has 0 amide bonds. The zero-order chi connectivity index (χ0) is 33.8. The van der Waals surface area contributed by atoms with Crippen LogP contribution < -0.4 is 20.2 Å². The van der Waals surface area contributed by atoms with Gasteiger partial charge in [-0.1, -0.05) is 37.3 Å². The minimum absolute atomic E-state index is 0.250. The minimum Gasteiger partial charge on any atom is -0.491 e. The Kier molecular flexibility index (Phi) is 9.47. The largest absolute Gasteiger partial charge is 0.491 e. The SMILES string of the molecule is CC[C@@H]([C@H](C)O)n1ncn(-c2ccc(N3CCN(c4ccc(OC[C@@H]5CO[C@@](Cn6nccn6)(c6ccccc6)O5)cc4)CC3)cc2)c1=O. The molecule has 2 aromatic heterocycles. The highest BCUT2D eigenvalue weighted by molar-refractivity contribution is 5.54. The van der Waals surface area contributed by atoms with Crippen LogP contribution in [0.1, 0.15) is 31.9 Å². The number of hydrogen-bond donors (Lipinski definition) is 1. The predicted molar refractivity (Wildman–Crippen MR) is 184 cm³/mol. The summed E-state index contributed by atoms with van der Waals surface area (Å²) in [7, 11) is 0. The summed E-state index contributed by atoms with van der Waals surface area (Å²) in [6, 6.07) is 25.7. The summed E-state index contributed by atoms with van der Waals surface area (Å²) >= 11 is 0. The van der Waals surface area contributed by atoms with Crippen LogP contribution in [0.25, 0.3) is 5.69 Å². The first kappa shape index (κ1) is 32.6. The Bertz CT molecular complexity index is 1840. The molecule has 13 nitrogen and oxygen atoms in total. The maximum absolute atomic E-state index is 13.0. The molecular formula is C36H42N8O5. The predicted octanol–water partition coefficient (Wildman–Crippen LogP) is 3.63. The van der Waals surface area contributed by atoms with E-state index in [9.17, 15) is 9.90 Å². The topological polar surface area (TPSA) is 125 Å². The van der Waals surface area contributed by atoms with Crippen molar-refractivity contribution in [3.63, 3.8) is 0 Å². The lowest BCUT2D eigenvalue weighted by Crippen LogP contribution is -2.46. The summed E-state index contributed by atoms with van der Waals surface area (Å²) < 4.78 is 21.7. The van der Waals surface area contributed by atoms with Crippen LogP contribution in [-0.2, 0) is 21.8 Å². The Morgan fingerprint density at radius 1 is 0.878 bits per heavy atom. The van der Waals surface area contributed by atoms with Gasteiger partial charge in [0.2, 0.25) is 5.79 Å². The number of aromatic nitrogens is 6. The average Bonchev–Trinajstić information content (AvgIpc) is 3.90. The van der Waals surface area contributed by atoms with E-state index in [-0.39, 0.29) is 17.8 Å². The van der Waals surface area contributed by atoms with Crippen molar-refractivity contribution in [1.29, 1.82) is 0 Å². The standard InChI is InChI=1S/C36H42N8O5/c1-3-34(27(2)45)44-35(46)42(26-39-44)31-11-9-29(10-12-31)40-19-21-41(22-20-40)30-13-15-32(16-14-30)47-23-33-24-48-36(49-33,25-43-37-17-18-38-43)28-7-5-4-6-8-28/h4-18,26-27,33-34,45H,3,19-25H2,1-2H3/t27-,33+,34-,36+/m0/s1. The highest BCUT2D eigenvalue weighted by atomic mass is 16.8. The average molecular weight is 667 g/mol. The van der Waals surface area contributed by atoms with Crippen LogP contribution in [0.5, 0.6) is 5.75 Å². The Morgan fingerprint density at radius 2 is 1.49 bits per heavy atom. The molecule has 4 heterocycles. The molecule has 0 bridgehead atoms. The third-order valence-electron chi connectivity index (χ3n) is 9.28. The second-order valence-electron chi connectivity index (χ2n) is 12.5. The van der Waals surface area contributed by atoms with Gasteiger partial charge in [0.25, 0.3) is 0 Å². The summed E-state index contributed by atoms with van der Waals surface area (Å²) in [6.45, 7) is 8.22. The molecule has 256 valence electrons. The number of hydrogen-bond acceptors (Lipinski definition) is 10.